The Morgan fingerprint density at radius 1 is 1.32 bits per heavy atom. The lowest BCUT2D eigenvalue weighted by Gasteiger charge is -2.21. The molecule has 0 saturated heterocycles. The van der Waals surface area contributed by atoms with E-state index >= 15 is 0 Å². The van der Waals surface area contributed by atoms with Crippen molar-refractivity contribution in [2.45, 2.75) is 19.4 Å². The Bertz CT molecular complexity index is 433. The molecule has 1 aromatic carbocycles. The zero-order valence-electron chi connectivity index (χ0n) is 11.9. The van der Waals surface area contributed by atoms with E-state index in [2.05, 4.69) is 35.5 Å². The summed E-state index contributed by atoms with van der Waals surface area (Å²) in [4.78, 5) is 16.4. The van der Waals surface area contributed by atoms with Crippen molar-refractivity contribution in [3.8, 4) is 0 Å². The van der Waals surface area contributed by atoms with E-state index in [1.54, 1.807) is 0 Å². The number of nitrogens with one attached hydrogen (secondary N) is 1. The molecule has 1 aromatic rings. The fourth-order valence-corrected chi connectivity index (χ4v) is 2.48. The van der Waals surface area contributed by atoms with Crippen molar-refractivity contribution in [1.82, 2.24) is 10.2 Å². The highest BCUT2D eigenvalue weighted by Crippen LogP contribution is 2.23. The third kappa shape index (κ3) is 3.47. The van der Waals surface area contributed by atoms with Crippen LogP contribution in [0.4, 0.5) is 5.69 Å². The quantitative estimate of drug-likeness (QED) is 0.834. The van der Waals surface area contributed by atoms with Crippen LogP contribution < -0.4 is 10.2 Å². The van der Waals surface area contributed by atoms with Crippen LogP contribution in [0.1, 0.15) is 18.4 Å². The van der Waals surface area contributed by atoms with Gasteiger partial charge in [0, 0.05) is 38.8 Å². The second-order valence-corrected chi connectivity index (χ2v) is 5.07. The van der Waals surface area contributed by atoms with Gasteiger partial charge in [0.15, 0.2) is 0 Å². The molecule has 0 spiro atoms. The molecule has 0 fully saturated rings. The Balaban J connectivity index is 2.03. The first-order valence-electron chi connectivity index (χ1n) is 6.94. The molecule has 1 aliphatic rings. The summed E-state index contributed by atoms with van der Waals surface area (Å²) in [5.74, 6) is 0.264. The molecule has 2 rings (SSSR count). The smallest absolute Gasteiger partial charge is 0.222 e. The fourth-order valence-electron chi connectivity index (χ4n) is 2.48. The molecule has 0 saturated carbocycles. The summed E-state index contributed by atoms with van der Waals surface area (Å²) in [6.07, 6.45) is 1.54. The van der Waals surface area contributed by atoms with E-state index in [1.807, 2.05) is 18.0 Å². The van der Waals surface area contributed by atoms with Gasteiger partial charge in [-0.15, -0.1) is 0 Å². The lowest BCUT2D eigenvalue weighted by molar-refractivity contribution is -0.131. The van der Waals surface area contributed by atoms with Crippen molar-refractivity contribution in [3.63, 3.8) is 0 Å². The van der Waals surface area contributed by atoms with Gasteiger partial charge in [-0.3, -0.25) is 4.79 Å². The maximum atomic E-state index is 12.2. The molecule has 0 aliphatic carbocycles. The van der Waals surface area contributed by atoms with Gasteiger partial charge in [-0.2, -0.15) is 0 Å². The minimum Gasteiger partial charge on any atom is -0.373 e. The van der Waals surface area contributed by atoms with Crippen LogP contribution in [0.15, 0.2) is 24.3 Å². The van der Waals surface area contributed by atoms with Crippen molar-refractivity contribution in [2.75, 3.05) is 38.6 Å². The van der Waals surface area contributed by atoms with E-state index in [4.69, 9.17) is 0 Å². The third-order valence-electron chi connectivity index (χ3n) is 3.64. The molecular formula is C15H23N3O. The Morgan fingerprint density at radius 3 is 2.89 bits per heavy atom. The first-order valence-corrected chi connectivity index (χ1v) is 6.94. The average Bonchev–Trinajstić information content (AvgIpc) is 2.59. The number of rotatable bonds is 4. The second kappa shape index (κ2) is 6.57. The van der Waals surface area contributed by atoms with Gasteiger partial charge in [0.05, 0.1) is 0 Å². The van der Waals surface area contributed by atoms with Crippen LogP contribution in [0.5, 0.6) is 0 Å². The minimum absolute atomic E-state index is 0.264. The molecule has 4 heteroatoms. The molecular weight excluding hydrogens is 238 g/mol. The molecule has 1 heterocycles. The van der Waals surface area contributed by atoms with Crippen LogP contribution >= 0.6 is 0 Å². The highest BCUT2D eigenvalue weighted by molar-refractivity contribution is 5.76. The number of carbonyl (C=O) groups is 1. The lowest BCUT2D eigenvalue weighted by Crippen LogP contribution is -2.34. The van der Waals surface area contributed by atoms with Crippen molar-refractivity contribution in [1.29, 1.82) is 0 Å². The highest BCUT2D eigenvalue weighted by atomic mass is 16.2. The van der Waals surface area contributed by atoms with E-state index in [1.165, 1.54) is 11.3 Å². The summed E-state index contributed by atoms with van der Waals surface area (Å²) in [5, 5.41) is 3.08. The normalized spacial score (nSPS) is 15.1. The van der Waals surface area contributed by atoms with E-state index in [0.29, 0.717) is 6.42 Å². The number of likely N-dealkylation sites (N-methyl/N-ethyl adjacent to an activating group) is 1. The van der Waals surface area contributed by atoms with Crippen LogP contribution in [0, 0.1) is 0 Å². The van der Waals surface area contributed by atoms with Gasteiger partial charge in [0.1, 0.15) is 0 Å². The monoisotopic (exact) mass is 261 g/mol. The summed E-state index contributed by atoms with van der Waals surface area (Å²) in [6, 6.07) is 8.34. The standard InChI is InChI=1S/C15H23N3O/c1-16-9-5-8-15(19)18-11-10-17(2)14-7-4-3-6-13(14)12-18/h3-4,6-7,16H,5,8-12H2,1-2H3. The van der Waals surface area contributed by atoms with Crippen molar-refractivity contribution < 1.29 is 4.79 Å². The van der Waals surface area contributed by atoms with Crippen molar-refractivity contribution >= 4 is 11.6 Å². The van der Waals surface area contributed by atoms with Crippen molar-refractivity contribution in [3.05, 3.63) is 29.8 Å². The number of anilines is 1. The first kappa shape index (κ1) is 13.9. The molecule has 0 bridgehead atoms. The Kier molecular flexibility index (Phi) is 4.80. The maximum absolute atomic E-state index is 12.2. The van der Waals surface area contributed by atoms with Crippen LogP contribution in [0.3, 0.4) is 0 Å². The Morgan fingerprint density at radius 2 is 2.11 bits per heavy atom. The number of nitrogens with zero attached hydrogens (tertiary/aromatic N) is 2. The topological polar surface area (TPSA) is 35.6 Å². The first-order chi connectivity index (χ1) is 9.22. The molecule has 0 atom stereocenters. The predicted molar refractivity (Wildman–Crippen MR) is 78.3 cm³/mol. The fraction of sp³-hybridized carbons (Fsp3) is 0.533. The van der Waals surface area contributed by atoms with Crippen LogP contribution in [0.25, 0.3) is 0 Å². The third-order valence-corrected chi connectivity index (χ3v) is 3.64. The summed E-state index contributed by atoms with van der Waals surface area (Å²) in [6.45, 7) is 3.34. The molecule has 0 unspecified atom stereocenters. The zero-order valence-corrected chi connectivity index (χ0v) is 11.9. The van der Waals surface area contributed by atoms with E-state index in [-0.39, 0.29) is 5.91 Å². The Labute approximate surface area is 115 Å². The minimum atomic E-state index is 0.264. The van der Waals surface area contributed by atoms with Gasteiger partial charge in [-0.25, -0.2) is 0 Å². The van der Waals surface area contributed by atoms with Gasteiger partial charge < -0.3 is 15.1 Å². The molecule has 4 nitrogen and oxygen atoms in total. The highest BCUT2D eigenvalue weighted by Gasteiger charge is 2.20. The molecule has 104 valence electrons. The number of benzene rings is 1. The predicted octanol–water partition coefficient (Wildman–Crippen LogP) is 1.46. The molecule has 1 aliphatic heterocycles. The second-order valence-electron chi connectivity index (χ2n) is 5.07. The number of fused-ring (bicyclic) bond motifs is 1. The summed E-state index contributed by atoms with van der Waals surface area (Å²) in [7, 11) is 4.01. The summed E-state index contributed by atoms with van der Waals surface area (Å²) >= 11 is 0. The van der Waals surface area contributed by atoms with Crippen LogP contribution in [-0.4, -0.2) is 44.5 Å². The number of para-hydroxylation sites is 1. The molecule has 0 aromatic heterocycles. The van der Waals surface area contributed by atoms with Gasteiger partial charge in [0.25, 0.3) is 0 Å². The van der Waals surface area contributed by atoms with Crippen LogP contribution in [-0.2, 0) is 11.3 Å². The van der Waals surface area contributed by atoms with E-state index < -0.39 is 0 Å². The van der Waals surface area contributed by atoms with E-state index in [9.17, 15) is 4.79 Å². The molecule has 1 N–H and O–H groups in total. The lowest BCUT2D eigenvalue weighted by atomic mass is 10.1. The van der Waals surface area contributed by atoms with Gasteiger partial charge >= 0.3 is 0 Å². The van der Waals surface area contributed by atoms with Crippen LogP contribution in [0.2, 0.25) is 0 Å². The van der Waals surface area contributed by atoms with Crippen molar-refractivity contribution in [2.24, 2.45) is 0 Å². The largest absolute Gasteiger partial charge is 0.373 e. The summed E-state index contributed by atoms with van der Waals surface area (Å²) < 4.78 is 0. The number of carbonyl (C=O) groups excluding carboxylic acids is 1. The number of amides is 1. The SMILES string of the molecule is CNCCCC(=O)N1CCN(C)c2ccccc2C1. The van der Waals surface area contributed by atoms with Gasteiger partial charge in [0.2, 0.25) is 5.91 Å². The Hall–Kier alpha value is -1.55. The number of hydrogen-bond donors (Lipinski definition) is 1. The van der Waals surface area contributed by atoms with Gasteiger partial charge in [-0.1, -0.05) is 18.2 Å². The number of hydrogen-bond acceptors (Lipinski definition) is 3. The van der Waals surface area contributed by atoms with Gasteiger partial charge in [-0.05, 0) is 31.6 Å². The average molecular weight is 261 g/mol. The molecule has 19 heavy (non-hydrogen) atoms. The van der Waals surface area contributed by atoms with E-state index in [0.717, 1.165) is 32.6 Å². The molecule has 1 amide bonds. The molecule has 0 radical (unpaired) electrons. The maximum Gasteiger partial charge on any atom is 0.222 e. The summed E-state index contributed by atoms with van der Waals surface area (Å²) in [5.41, 5.74) is 2.48. The zero-order chi connectivity index (χ0) is 13.7.